The largest absolute Gasteiger partial charge is 0.490 e. The third kappa shape index (κ3) is 4.01. The zero-order chi connectivity index (χ0) is 16.1. The first-order chi connectivity index (χ1) is 10.5. The van der Waals surface area contributed by atoms with Crippen LogP contribution in [0.3, 0.4) is 0 Å². The van der Waals surface area contributed by atoms with E-state index in [1.807, 2.05) is 0 Å². The summed E-state index contributed by atoms with van der Waals surface area (Å²) < 4.78 is 19.1. The van der Waals surface area contributed by atoms with Gasteiger partial charge < -0.3 is 20.5 Å². The van der Waals surface area contributed by atoms with Crippen molar-refractivity contribution in [3.63, 3.8) is 0 Å². The van der Waals surface area contributed by atoms with Crippen molar-refractivity contribution < 1.29 is 19.0 Å². The monoisotopic (exact) mass is 330 g/mol. The molecule has 0 unspecified atom stereocenters. The molecule has 1 fully saturated rings. The van der Waals surface area contributed by atoms with Gasteiger partial charge in [0, 0.05) is 19.6 Å². The number of benzene rings is 1. The van der Waals surface area contributed by atoms with Crippen molar-refractivity contribution in [2.45, 2.75) is 19.3 Å². The fraction of sp³-hybridized carbons (Fsp3) is 0.533. The van der Waals surface area contributed by atoms with Gasteiger partial charge in [0.15, 0.2) is 0 Å². The summed E-state index contributed by atoms with van der Waals surface area (Å²) in [6, 6.07) is 3.01. The molecule has 22 heavy (non-hydrogen) atoms. The average molecular weight is 331 g/mol. The van der Waals surface area contributed by atoms with E-state index in [9.17, 15) is 9.18 Å². The van der Waals surface area contributed by atoms with Crippen molar-refractivity contribution in [2.75, 3.05) is 26.2 Å². The molecule has 2 rings (SSSR count). The van der Waals surface area contributed by atoms with E-state index in [1.165, 1.54) is 11.0 Å². The van der Waals surface area contributed by atoms with Gasteiger partial charge >= 0.3 is 6.09 Å². The number of carbonyl (C=O) groups is 1. The Hall–Kier alpha value is -1.53. The van der Waals surface area contributed by atoms with Crippen LogP contribution >= 0.6 is 11.6 Å². The Bertz CT molecular complexity index is 534. The number of carboxylic acid groups (broad SMARTS) is 1. The highest BCUT2D eigenvalue weighted by atomic mass is 35.5. The predicted octanol–water partition coefficient (Wildman–Crippen LogP) is 2.75. The molecule has 1 amide bonds. The van der Waals surface area contributed by atoms with Crippen molar-refractivity contribution in [1.82, 2.24) is 4.90 Å². The van der Waals surface area contributed by atoms with E-state index in [2.05, 4.69) is 0 Å². The van der Waals surface area contributed by atoms with Gasteiger partial charge in [-0.3, -0.25) is 0 Å². The Morgan fingerprint density at radius 1 is 1.45 bits per heavy atom. The van der Waals surface area contributed by atoms with Crippen LogP contribution in [0.25, 0.3) is 0 Å². The van der Waals surface area contributed by atoms with E-state index in [-0.39, 0.29) is 11.6 Å². The van der Waals surface area contributed by atoms with E-state index < -0.39 is 11.9 Å². The zero-order valence-electron chi connectivity index (χ0n) is 12.2. The van der Waals surface area contributed by atoms with Gasteiger partial charge in [-0.05, 0) is 36.8 Å². The molecular weight excluding hydrogens is 311 g/mol. The molecule has 1 aromatic carbocycles. The maximum absolute atomic E-state index is 13.6. The first-order valence-electron chi connectivity index (χ1n) is 7.30. The van der Waals surface area contributed by atoms with Crippen LogP contribution in [-0.4, -0.2) is 42.3 Å². The molecule has 5 nitrogen and oxygen atoms in total. The van der Waals surface area contributed by atoms with Gasteiger partial charge in [-0.2, -0.15) is 0 Å². The first kappa shape index (κ1) is 16.8. The lowest BCUT2D eigenvalue weighted by atomic mass is 9.90. The van der Waals surface area contributed by atoms with Crippen molar-refractivity contribution in [3.8, 4) is 5.75 Å². The quantitative estimate of drug-likeness (QED) is 0.870. The smallest absolute Gasteiger partial charge is 0.407 e. The van der Waals surface area contributed by atoms with Crippen molar-refractivity contribution in [1.29, 1.82) is 0 Å². The van der Waals surface area contributed by atoms with Crippen LogP contribution < -0.4 is 10.5 Å². The highest BCUT2D eigenvalue weighted by Gasteiger charge is 2.24. The summed E-state index contributed by atoms with van der Waals surface area (Å²) >= 11 is 5.99. The number of piperidine rings is 1. The molecule has 0 aliphatic carbocycles. The number of halogens is 2. The van der Waals surface area contributed by atoms with Crippen LogP contribution in [-0.2, 0) is 6.42 Å². The van der Waals surface area contributed by atoms with Crippen LogP contribution in [0.1, 0.15) is 18.4 Å². The lowest BCUT2D eigenvalue weighted by Gasteiger charge is -2.30. The van der Waals surface area contributed by atoms with E-state index >= 15 is 0 Å². The fourth-order valence-electron chi connectivity index (χ4n) is 2.69. The second-order valence-electron chi connectivity index (χ2n) is 5.40. The summed E-state index contributed by atoms with van der Waals surface area (Å²) in [7, 11) is 0. The summed E-state index contributed by atoms with van der Waals surface area (Å²) in [4.78, 5) is 12.3. The fourth-order valence-corrected chi connectivity index (χ4v) is 2.93. The van der Waals surface area contributed by atoms with Crippen molar-refractivity contribution in [2.24, 2.45) is 11.7 Å². The van der Waals surface area contributed by atoms with E-state index in [4.69, 9.17) is 27.2 Å². The predicted molar refractivity (Wildman–Crippen MR) is 82.0 cm³/mol. The van der Waals surface area contributed by atoms with Crippen LogP contribution in [0.15, 0.2) is 12.1 Å². The molecule has 3 N–H and O–H groups in total. The molecule has 1 saturated heterocycles. The highest BCUT2D eigenvalue weighted by Crippen LogP contribution is 2.34. The second kappa shape index (κ2) is 7.65. The Morgan fingerprint density at radius 2 is 2.14 bits per heavy atom. The molecule has 0 radical (unpaired) electrons. The van der Waals surface area contributed by atoms with E-state index in [0.29, 0.717) is 37.7 Å². The third-order valence-corrected chi connectivity index (χ3v) is 4.24. The van der Waals surface area contributed by atoms with Gasteiger partial charge in [0.25, 0.3) is 0 Å². The van der Waals surface area contributed by atoms with Crippen molar-refractivity contribution >= 4 is 17.7 Å². The average Bonchev–Trinajstić information content (AvgIpc) is 2.51. The number of likely N-dealkylation sites (tertiary alicyclic amines) is 1. The number of hydrogen-bond donors (Lipinski definition) is 2. The number of ether oxygens (including phenoxy) is 1. The molecule has 1 aliphatic rings. The summed E-state index contributed by atoms with van der Waals surface area (Å²) in [5.41, 5.74) is 6.26. The lowest BCUT2D eigenvalue weighted by molar-refractivity contribution is 0.124. The molecule has 1 aliphatic heterocycles. The van der Waals surface area contributed by atoms with Gasteiger partial charge in [-0.15, -0.1) is 0 Å². The molecule has 1 heterocycles. The normalized spacial score (nSPS) is 15.9. The zero-order valence-corrected chi connectivity index (χ0v) is 13.0. The Morgan fingerprint density at radius 3 is 2.73 bits per heavy atom. The highest BCUT2D eigenvalue weighted by molar-refractivity contribution is 6.32. The summed E-state index contributed by atoms with van der Waals surface area (Å²) in [5.74, 6) is 0.170. The third-order valence-electron chi connectivity index (χ3n) is 3.89. The second-order valence-corrected chi connectivity index (χ2v) is 5.78. The molecule has 0 atom stereocenters. The number of amides is 1. The molecule has 0 saturated carbocycles. The standard InChI is InChI=1S/C15H20ClFN2O3/c16-13-12(17)2-1-11(14(13)22-8-5-18)9-10-3-6-19(7-4-10)15(20)21/h1-2,10H,3-9,18H2,(H,20,21). The lowest BCUT2D eigenvalue weighted by Crippen LogP contribution is -2.37. The minimum atomic E-state index is -0.879. The Labute approximate surface area is 133 Å². The summed E-state index contributed by atoms with van der Waals surface area (Å²) in [6.45, 7) is 1.64. The maximum atomic E-state index is 13.6. The molecular formula is C15H20ClFN2O3. The van der Waals surface area contributed by atoms with Gasteiger partial charge in [0.05, 0.1) is 0 Å². The van der Waals surface area contributed by atoms with Crippen molar-refractivity contribution in [3.05, 3.63) is 28.5 Å². The molecule has 0 spiro atoms. The van der Waals surface area contributed by atoms with E-state index in [0.717, 1.165) is 18.4 Å². The van der Waals surface area contributed by atoms with Crippen LogP contribution in [0.4, 0.5) is 9.18 Å². The molecule has 122 valence electrons. The van der Waals surface area contributed by atoms with E-state index in [1.54, 1.807) is 6.07 Å². The minimum Gasteiger partial charge on any atom is -0.490 e. The summed E-state index contributed by atoms with van der Waals surface area (Å²) in [6.07, 6.45) is 1.36. The van der Waals surface area contributed by atoms with Gasteiger partial charge in [-0.1, -0.05) is 17.7 Å². The molecule has 1 aromatic rings. The number of hydrogen-bond acceptors (Lipinski definition) is 3. The topological polar surface area (TPSA) is 75.8 Å². The summed E-state index contributed by atoms with van der Waals surface area (Å²) in [5, 5.41) is 8.94. The van der Waals surface area contributed by atoms with Crippen LogP contribution in [0.5, 0.6) is 5.75 Å². The van der Waals surface area contributed by atoms with Gasteiger partial charge in [0.1, 0.15) is 23.2 Å². The SMILES string of the molecule is NCCOc1c(CC2CCN(C(=O)O)CC2)ccc(F)c1Cl. The minimum absolute atomic E-state index is 0.0195. The number of rotatable bonds is 5. The van der Waals surface area contributed by atoms with Crippen LogP contribution in [0, 0.1) is 11.7 Å². The Balaban J connectivity index is 2.06. The molecule has 0 bridgehead atoms. The van der Waals surface area contributed by atoms with Gasteiger partial charge in [-0.25, -0.2) is 9.18 Å². The maximum Gasteiger partial charge on any atom is 0.407 e. The van der Waals surface area contributed by atoms with Gasteiger partial charge in [0.2, 0.25) is 0 Å². The number of nitrogens with two attached hydrogens (primary N) is 1. The molecule has 0 aromatic heterocycles. The Kier molecular flexibility index (Phi) is 5.85. The molecule has 7 heteroatoms. The first-order valence-corrected chi connectivity index (χ1v) is 7.68. The van der Waals surface area contributed by atoms with Crippen LogP contribution in [0.2, 0.25) is 5.02 Å². The number of nitrogens with zero attached hydrogens (tertiary/aromatic N) is 1.